The number of hydrogen-bond acceptors (Lipinski definition) is 7. The van der Waals surface area contributed by atoms with E-state index in [4.69, 9.17) is 4.42 Å². The Hall–Kier alpha value is -3.65. The molecule has 8 nitrogen and oxygen atoms in total. The summed E-state index contributed by atoms with van der Waals surface area (Å²) in [7, 11) is 0. The minimum Gasteiger partial charge on any atom is -0.408 e. The number of aryl methyl sites for hydroxylation is 1. The third-order valence-corrected chi connectivity index (χ3v) is 5.99. The number of hydrogen-bond donors (Lipinski definition) is 3. The van der Waals surface area contributed by atoms with Crippen LogP contribution in [0.2, 0.25) is 0 Å². The Morgan fingerprint density at radius 2 is 1.81 bits per heavy atom. The molecule has 32 heavy (non-hydrogen) atoms. The van der Waals surface area contributed by atoms with Gasteiger partial charge in [0.1, 0.15) is 5.82 Å². The first kappa shape index (κ1) is 20.3. The lowest BCUT2D eigenvalue weighted by molar-refractivity contribution is 0.263. The van der Waals surface area contributed by atoms with Crippen LogP contribution in [-0.2, 0) is 0 Å². The van der Waals surface area contributed by atoms with Gasteiger partial charge in [-0.2, -0.15) is 4.98 Å². The van der Waals surface area contributed by atoms with Gasteiger partial charge >= 0.3 is 5.76 Å². The highest BCUT2D eigenvalue weighted by molar-refractivity contribution is 5.78. The maximum Gasteiger partial charge on any atom is 0.417 e. The second kappa shape index (κ2) is 8.47. The molecule has 5 rings (SSSR count). The number of benzene rings is 2. The van der Waals surface area contributed by atoms with Gasteiger partial charge < -0.3 is 15.1 Å². The second-order valence-corrected chi connectivity index (χ2v) is 8.24. The molecular formula is C24H26N6O2. The van der Waals surface area contributed by atoms with Gasteiger partial charge in [0.25, 0.3) is 0 Å². The molecule has 3 N–H and O–H groups in total. The number of likely N-dealkylation sites (tertiary alicyclic amines) is 1. The first-order valence-electron chi connectivity index (χ1n) is 10.9. The molecule has 3 heterocycles. The molecule has 1 fully saturated rings. The third kappa shape index (κ3) is 4.22. The van der Waals surface area contributed by atoms with Gasteiger partial charge in [-0.3, -0.25) is 9.88 Å². The first-order valence-corrected chi connectivity index (χ1v) is 10.9. The van der Waals surface area contributed by atoms with Gasteiger partial charge in [-0.15, -0.1) is 0 Å². The van der Waals surface area contributed by atoms with Crippen LogP contribution in [0, 0.1) is 6.92 Å². The molecule has 0 saturated carbocycles. The van der Waals surface area contributed by atoms with Crippen molar-refractivity contribution in [1.29, 1.82) is 0 Å². The maximum absolute atomic E-state index is 11.4. The SMILES string of the molecule is Cc1cnc(Nc2ccc(C(C)N3CCCC3)cc2)nc1Nc1ccc2oc(=O)[nH]c2c1. The van der Waals surface area contributed by atoms with Gasteiger partial charge in [-0.1, -0.05) is 12.1 Å². The molecule has 164 valence electrons. The average molecular weight is 431 g/mol. The minimum atomic E-state index is -0.470. The van der Waals surface area contributed by atoms with E-state index in [0.29, 0.717) is 28.9 Å². The summed E-state index contributed by atoms with van der Waals surface area (Å²) in [5.74, 6) is 0.728. The molecular weight excluding hydrogens is 404 g/mol. The summed E-state index contributed by atoms with van der Waals surface area (Å²) >= 11 is 0. The largest absolute Gasteiger partial charge is 0.417 e. The molecule has 1 unspecified atom stereocenters. The van der Waals surface area contributed by atoms with E-state index in [1.54, 1.807) is 12.3 Å². The summed E-state index contributed by atoms with van der Waals surface area (Å²) < 4.78 is 5.06. The second-order valence-electron chi connectivity index (χ2n) is 8.24. The number of fused-ring (bicyclic) bond motifs is 1. The molecule has 0 amide bonds. The first-order chi connectivity index (χ1) is 15.5. The molecule has 8 heteroatoms. The Labute approximate surface area is 185 Å². The van der Waals surface area contributed by atoms with Crippen LogP contribution in [0.3, 0.4) is 0 Å². The van der Waals surface area contributed by atoms with E-state index in [2.05, 4.69) is 61.7 Å². The van der Waals surface area contributed by atoms with Crippen molar-refractivity contribution >= 4 is 34.2 Å². The lowest BCUT2D eigenvalue weighted by Crippen LogP contribution is -2.23. The van der Waals surface area contributed by atoms with Gasteiger partial charge in [-0.25, -0.2) is 9.78 Å². The topological polar surface area (TPSA) is 99.1 Å². The van der Waals surface area contributed by atoms with Gasteiger partial charge in [0.2, 0.25) is 5.95 Å². The molecule has 1 aliphatic rings. The Morgan fingerprint density at radius 1 is 1.06 bits per heavy atom. The predicted molar refractivity (Wildman–Crippen MR) is 126 cm³/mol. The van der Waals surface area contributed by atoms with E-state index < -0.39 is 5.76 Å². The lowest BCUT2D eigenvalue weighted by Gasteiger charge is -2.24. The minimum absolute atomic E-state index is 0.431. The van der Waals surface area contributed by atoms with Crippen molar-refractivity contribution in [3.63, 3.8) is 0 Å². The van der Waals surface area contributed by atoms with Gasteiger partial charge in [0.15, 0.2) is 5.58 Å². The molecule has 1 saturated heterocycles. The Balaban J connectivity index is 1.31. The fraction of sp³-hybridized carbons (Fsp3) is 0.292. The molecule has 0 spiro atoms. The van der Waals surface area contributed by atoms with E-state index in [1.807, 2.05) is 19.1 Å². The number of H-pyrrole nitrogens is 1. The Morgan fingerprint density at radius 3 is 2.59 bits per heavy atom. The van der Waals surface area contributed by atoms with Crippen molar-refractivity contribution in [2.45, 2.75) is 32.7 Å². The van der Waals surface area contributed by atoms with E-state index >= 15 is 0 Å². The molecule has 1 atom stereocenters. The summed E-state index contributed by atoms with van der Waals surface area (Å²) in [6.45, 7) is 6.57. The van der Waals surface area contributed by atoms with E-state index in [0.717, 1.165) is 16.9 Å². The quantitative estimate of drug-likeness (QED) is 0.402. The number of aromatic nitrogens is 3. The molecule has 0 bridgehead atoms. The zero-order valence-electron chi connectivity index (χ0n) is 18.2. The van der Waals surface area contributed by atoms with Crippen LogP contribution in [0.5, 0.6) is 0 Å². The summed E-state index contributed by atoms with van der Waals surface area (Å²) in [5, 5.41) is 6.58. The van der Waals surface area contributed by atoms with Gasteiger partial charge in [-0.05, 0) is 75.7 Å². The molecule has 1 aliphatic heterocycles. The molecule has 4 aromatic rings. The summed E-state index contributed by atoms with van der Waals surface area (Å²) in [5.41, 5.74) is 5.11. The summed E-state index contributed by atoms with van der Waals surface area (Å²) in [6, 6.07) is 14.3. The number of aromatic amines is 1. The van der Waals surface area contributed by atoms with Crippen LogP contribution in [-0.4, -0.2) is 32.9 Å². The van der Waals surface area contributed by atoms with E-state index in [1.165, 1.54) is 31.5 Å². The summed E-state index contributed by atoms with van der Waals surface area (Å²) in [6.07, 6.45) is 4.36. The van der Waals surface area contributed by atoms with Crippen molar-refractivity contribution < 1.29 is 4.42 Å². The third-order valence-electron chi connectivity index (χ3n) is 5.99. The number of nitrogens with zero attached hydrogens (tertiary/aromatic N) is 3. The fourth-order valence-corrected chi connectivity index (χ4v) is 4.11. The van der Waals surface area contributed by atoms with Crippen molar-refractivity contribution in [1.82, 2.24) is 19.9 Å². The Bertz CT molecular complexity index is 1290. The van der Waals surface area contributed by atoms with Gasteiger partial charge in [0, 0.05) is 29.2 Å². The van der Waals surface area contributed by atoms with Crippen molar-refractivity contribution in [2.24, 2.45) is 0 Å². The molecule has 0 aliphatic carbocycles. The number of anilines is 4. The van der Waals surface area contributed by atoms with Crippen molar-refractivity contribution in [2.75, 3.05) is 23.7 Å². The number of oxazole rings is 1. The van der Waals surface area contributed by atoms with Crippen molar-refractivity contribution in [3.8, 4) is 0 Å². The van der Waals surface area contributed by atoms with Crippen LogP contribution in [0.1, 0.15) is 36.9 Å². The van der Waals surface area contributed by atoms with Crippen LogP contribution in [0.4, 0.5) is 23.1 Å². The average Bonchev–Trinajstić information content (AvgIpc) is 3.45. The van der Waals surface area contributed by atoms with Crippen LogP contribution >= 0.6 is 0 Å². The highest BCUT2D eigenvalue weighted by Crippen LogP contribution is 2.27. The normalized spacial score (nSPS) is 15.2. The van der Waals surface area contributed by atoms with E-state index in [9.17, 15) is 4.79 Å². The lowest BCUT2D eigenvalue weighted by atomic mass is 10.1. The fourth-order valence-electron chi connectivity index (χ4n) is 4.11. The number of nitrogens with one attached hydrogen (secondary N) is 3. The zero-order chi connectivity index (χ0) is 22.1. The standard InChI is InChI=1S/C24H26N6O2/c1-15-14-25-23(27-18-7-5-17(6-8-18)16(2)30-11-3-4-12-30)29-22(15)26-19-9-10-21-20(13-19)28-24(31)32-21/h5-10,13-14,16H,3-4,11-12H2,1-2H3,(H,28,31)(H2,25,26,27,29). The van der Waals surface area contributed by atoms with Crippen molar-refractivity contribution in [3.05, 3.63) is 70.3 Å². The highest BCUT2D eigenvalue weighted by Gasteiger charge is 2.19. The number of rotatable bonds is 6. The zero-order valence-corrected chi connectivity index (χ0v) is 18.2. The van der Waals surface area contributed by atoms with Gasteiger partial charge in [0.05, 0.1) is 5.52 Å². The van der Waals surface area contributed by atoms with Crippen LogP contribution in [0.25, 0.3) is 11.1 Å². The monoisotopic (exact) mass is 430 g/mol. The summed E-state index contributed by atoms with van der Waals surface area (Å²) in [4.78, 5) is 25.6. The van der Waals surface area contributed by atoms with Crippen LogP contribution < -0.4 is 16.4 Å². The van der Waals surface area contributed by atoms with E-state index in [-0.39, 0.29) is 0 Å². The van der Waals surface area contributed by atoms with Crippen LogP contribution in [0.15, 0.2) is 57.9 Å². The predicted octanol–water partition coefficient (Wildman–Crippen LogP) is 4.86. The Kier molecular flexibility index (Phi) is 5.36. The molecule has 2 aromatic heterocycles. The molecule has 2 aromatic carbocycles. The smallest absolute Gasteiger partial charge is 0.408 e. The molecule has 0 radical (unpaired) electrons. The maximum atomic E-state index is 11.4. The highest BCUT2D eigenvalue weighted by atomic mass is 16.4.